The van der Waals surface area contributed by atoms with Crippen LogP contribution in [0.4, 0.5) is 4.79 Å². The van der Waals surface area contributed by atoms with E-state index in [1.54, 1.807) is 22.3 Å². The zero-order valence-electron chi connectivity index (χ0n) is 13.7. The van der Waals surface area contributed by atoms with Gasteiger partial charge in [-0.05, 0) is 30.4 Å². The van der Waals surface area contributed by atoms with Crippen molar-refractivity contribution in [2.24, 2.45) is 5.73 Å². The van der Waals surface area contributed by atoms with Crippen LogP contribution < -0.4 is 15.8 Å². The van der Waals surface area contributed by atoms with Gasteiger partial charge < -0.3 is 20.7 Å². The number of amides is 3. The lowest BCUT2D eigenvalue weighted by Gasteiger charge is -2.32. The fourth-order valence-corrected chi connectivity index (χ4v) is 3.36. The van der Waals surface area contributed by atoms with Gasteiger partial charge in [0.05, 0.1) is 13.1 Å². The monoisotopic (exact) mass is 360 g/mol. The van der Waals surface area contributed by atoms with E-state index in [9.17, 15) is 9.59 Å². The van der Waals surface area contributed by atoms with Gasteiger partial charge in [-0.2, -0.15) is 0 Å². The van der Waals surface area contributed by atoms with E-state index in [0.29, 0.717) is 25.4 Å². The standard InChI is InChI=1S/C17H20N4O3S/c18-16(22)15-9-12(5-6-19-15)24-13-3-1-7-21(11-13)17(23)20-10-14-4-2-8-25-14/h2,4-6,8-9,13H,1,3,7,10-11H2,(H2,18,22)(H,20,23). The van der Waals surface area contributed by atoms with Crippen molar-refractivity contribution in [3.8, 4) is 5.75 Å². The molecule has 25 heavy (non-hydrogen) atoms. The second-order valence-corrected chi connectivity index (χ2v) is 6.84. The molecule has 3 rings (SSSR count). The van der Waals surface area contributed by atoms with Gasteiger partial charge in [0.2, 0.25) is 0 Å². The first-order valence-electron chi connectivity index (χ1n) is 8.09. The zero-order valence-corrected chi connectivity index (χ0v) is 14.5. The topological polar surface area (TPSA) is 97.6 Å². The highest BCUT2D eigenvalue weighted by Gasteiger charge is 2.25. The molecule has 8 heteroatoms. The molecule has 0 aliphatic carbocycles. The summed E-state index contributed by atoms with van der Waals surface area (Å²) in [6.07, 6.45) is 3.08. The Hall–Kier alpha value is -2.61. The van der Waals surface area contributed by atoms with Crippen molar-refractivity contribution in [1.29, 1.82) is 0 Å². The minimum absolute atomic E-state index is 0.0887. The lowest BCUT2D eigenvalue weighted by atomic mass is 10.1. The molecule has 0 bridgehead atoms. The molecule has 1 atom stereocenters. The van der Waals surface area contributed by atoms with Gasteiger partial charge in [0, 0.05) is 23.7 Å². The van der Waals surface area contributed by atoms with Crippen LogP contribution >= 0.6 is 11.3 Å². The van der Waals surface area contributed by atoms with Crippen molar-refractivity contribution < 1.29 is 14.3 Å². The minimum atomic E-state index is -0.594. The number of carbonyl (C=O) groups excluding carboxylic acids is 2. The van der Waals surface area contributed by atoms with Crippen LogP contribution in [0.3, 0.4) is 0 Å². The van der Waals surface area contributed by atoms with Crippen LogP contribution in [-0.2, 0) is 6.54 Å². The Labute approximate surface area is 149 Å². The molecule has 1 unspecified atom stereocenters. The fourth-order valence-electron chi connectivity index (χ4n) is 2.72. The van der Waals surface area contributed by atoms with Gasteiger partial charge in [-0.3, -0.25) is 9.78 Å². The Balaban J connectivity index is 1.54. The minimum Gasteiger partial charge on any atom is -0.488 e. The first-order valence-corrected chi connectivity index (χ1v) is 8.97. The summed E-state index contributed by atoms with van der Waals surface area (Å²) in [6, 6.07) is 7.08. The number of aromatic nitrogens is 1. The van der Waals surface area contributed by atoms with Crippen LogP contribution in [0.25, 0.3) is 0 Å². The number of likely N-dealkylation sites (tertiary alicyclic amines) is 1. The second-order valence-electron chi connectivity index (χ2n) is 5.81. The van der Waals surface area contributed by atoms with E-state index in [2.05, 4.69) is 10.3 Å². The summed E-state index contributed by atoms with van der Waals surface area (Å²) in [7, 11) is 0. The molecule has 3 N–H and O–H groups in total. The van der Waals surface area contributed by atoms with E-state index >= 15 is 0 Å². The Morgan fingerprint density at radius 1 is 1.44 bits per heavy atom. The fraction of sp³-hybridized carbons (Fsp3) is 0.353. The van der Waals surface area contributed by atoms with E-state index in [4.69, 9.17) is 10.5 Å². The molecule has 3 heterocycles. The molecule has 0 spiro atoms. The van der Waals surface area contributed by atoms with Crippen molar-refractivity contribution in [2.45, 2.75) is 25.5 Å². The number of thiophene rings is 1. The molecule has 0 aromatic carbocycles. The quantitative estimate of drug-likeness (QED) is 0.852. The van der Waals surface area contributed by atoms with Gasteiger partial charge in [0.25, 0.3) is 5.91 Å². The lowest BCUT2D eigenvalue weighted by molar-refractivity contribution is 0.0981. The highest BCUT2D eigenvalue weighted by atomic mass is 32.1. The number of nitrogens with zero attached hydrogens (tertiary/aromatic N) is 2. The number of primary amides is 1. The molecule has 0 radical (unpaired) electrons. The largest absolute Gasteiger partial charge is 0.488 e. The molecule has 2 aromatic rings. The first-order chi connectivity index (χ1) is 12.1. The number of rotatable bonds is 5. The Bertz CT molecular complexity index is 735. The third-order valence-corrected chi connectivity index (χ3v) is 4.82. The summed E-state index contributed by atoms with van der Waals surface area (Å²) in [4.78, 5) is 30.3. The summed E-state index contributed by atoms with van der Waals surface area (Å²) < 4.78 is 5.91. The third-order valence-electron chi connectivity index (χ3n) is 3.95. The van der Waals surface area contributed by atoms with Crippen LogP contribution in [0.2, 0.25) is 0 Å². The van der Waals surface area contributed by atoms with Gasteiger partial charge >= 0.3 is 6.03 Å². The summed E-state index contributed by atoms with van der Waals surface area (Å²) in [5.41, 5.74) is 5.40. The van der Waals surface area contributed by atoms with Crippen LogP contribution in [0, 0.1) is 0 Å². The highest BCUT2D eigenvalue weighted by Crippen LogP contribution is 2.19. The average Bonchev–Trinajstić information content (AvgIpc) is 3.13. The third kappa shape index (κ3) is 4.69. The highest BCUT2D eigenvalue weighted by molar-refractivity contribution is 7.09. The summed E-state index contributed by atoms with van der Waals surface area (Å²) >= 11 is 1.62. The predicted molar refractivity (Wildman–Crippen MR) is 94.5 cm³/mol. The molecule has 132 valence electrons. The van der Waals surface area contributed by atoms with Gasteiger partial charge in [0.15, 0.2) is 0 Å². The maximum atomic E-state index is 12.3. The molecular weight excluding hydrogens is 340 g/mol. The number of piperidine rings is 1. The van der Waals surface area contributed by atoms with Crippen molar-refractivity contribution in [1.82, 2.24) is 15.2 Å². The molecular formula is C17H20N4O3S. The molecule has 2 aromatic heterocycles. The molecule has 1 saturated heterocycles. The zero-order chi connectivity index (χ0) is 17.6. The van der Waals surface area contributed by atoms with Crippen LogP contribution in [-0.4, -0.2) is 41.0 Å². The van der Waals surface area contributed by atoms with E-state index in [1.807, 2.05) is 17.5 Å². The maximum absolute atomic E-state index is 12.3. The number of carbonyl (C=O) groups is 2. The van der Waals surface area contributed by atoms with E-state index in [0.717, 1.165) is 17.7 Å². The van der Waals surface area contributed by atoms with Gasteiger partial charge in [-0.25, -0.2) is 4.79 Å². The van der Waals surface area contributed by atoms with Crippen LogP contribution in [0.5, 0.6) is 5.75 Å². The number of pyridine rings is 1. The van der Waals surface area contributed by atoms with Crippen molar-refractivity contribution >= 4 is 23.3 Å². The molecule has 1 aliphatic heterocycles. The molecule has 1 fully saturated rings. The van der Waals surface area contributed by atoms with E-state index < -0.39 is 5.91 Å². The normalized spacial score (nSPS) is 17.1. The van der Waals surface area contributed by atoms with Gasteiger partial charge in [-0.1, -0.05) is 6.07 Å². The van der Waals surface area contributed by atoms with Crippen LogP contribution in [0.1, 0.15) is 28.2 Å². The molecule has 3 amide bonds. The Kier molecular flexibility index (Phi) is 5.49. The number of nitrogens with one attached hydrogen (secondary N) is 1. The number of urea groups is 1. The number of ether oxygens (including phenoxy) is 1. The number of hydrogen-bond donors (Lipinski definition) is 2. The Morgan fingerprint density at radius 2 is 2.32 bits per heavy atom. The summed E-state index contributed by atoms with van der Waals surface area (Å²) in [6.45, 7) is 1.74. The summed E-state index contributed by atoms with van der Waals surface area (Å²) in [5.74, 6) is -0.0571. The summed E-state index contributed by atoms with van der Waals surface area (Å²) in [5, 5.41) is 4.92. The molecule has 0 saturated carbocycles. The smallest absolute Gasteiger partial charge is 0.317 e. The average molecular weight is 360 g/mol. The number of nitrogens with two attached hydrogens (primary N) is 1. The van der Waals surface area contributed by atoms with E-state index in [-0.39, 0.29) is 17.8 Å². The van der Waals surface area contributed by atoms with Crippen molar-refractivity contribution in [3.05, 3.63) is 46.4 Å². The van der Waals surface area contributed by atoms with Crippen molar-refractivity contribution in [3.63, 3.8) is 0 Å². The Morgan fingerprint density at radius 3 is 3.08 bits per heavy atom. The molecule has 7 nitrogen and oxygen atoms in total. The first kappa shape index (κ1) is 17.2. The molecule has 1 aliphatic rings. The lowest BCUT2D eigenvalue weighted by Crippen LogP contribution is -2.48. The van der Waals surface area contributed by atoms with Crippen molar-refractivity contribution in [2.75, 3.05) is 13.1 Å². The maximum Gasteiger partial charge on any atom is 0.317 e. The SMILES string of the molecule is NC(=O)c1cc(OC2CCCN(C(=O)NCc3cccs3)C2)ccn1. The van der Waals surface area contributed by atoms with Gasteiger partial charge in [-0.15, -0.1) is 11.3 Å². The number of hydrogen-bond acceptors (Lipinski definition) is 5. The predicted octanol–water partition coefficient (Wildman–Crippen LogP) is 1.99. The van der Waals surface area contributed by atoms with Crippen LogP contribution in [0.15, 0.2) is 35.8 Å². The van der Waals surface area contributed by atoms with Gasteiger partial charge in [0.1, 0.15) is 17.5 Å². The van der Waals surface area contributed by atoms with E-state index in [1.165, 1.54) is 12.3 Å². The second kappa shape index (κ2) is 7.98.